The van der Waals surface area contributed by atoms with E-state index in [-0.39, 0.29) is 5.97 Å². The van der Waals surface area contributed by atoms with E-state index >= 15 is 0 Å². The molecule has 0 bridgehead atoms. The highest BCUT2D eigenvalue weighted by Crippen LogP contribution is 2.23. The Kier molecular flexibility index (Phi) is 5.09. The molecule has 0 amide bonds. The third-order valence-electron chi connectivity index (χ3n) is 4.13. The molecule has 0 saturated carbocycles. The summed E-state index contributed by atoms with van der Waals surface area (Å²) < 4.78 is 4.66. The summed E-state index contributed by atoms with van der Waals surface area (Å²) in [7, 11) is 1.37. The van der Waals surface area contributed by atoms with Crippen LogP contribution in [-0.2, 0) is 11.3 Å². The van der Waals surface area contributed by atoms with Gasteiger partial charge in [-0.15, -0.1) is 0 Å². The lowest BCUT2D eigenvalue weighted by Gasteiger charge is -2.36. The van der Waals surface area contributed by atoms with Crippen LogP contribution >= 0.6 is 0 Å². The van der Waals surface area contributed by atoms with E-state index in [9.17, 15) is 4.79 Å². The first kappa shape index (κ1) is 14.9. The molecule has 0 radical (unpaired) electrons. The largest absolute Gasteiger partial charge is 0.465 e. The second-order valence-electron chi connectivity index (χ2n) is 5.53. The Morgan fingerprint density at radius 2 is 2.35 bits per heavy atom. The number of rotatable bonds is 4. The Hall–Kier alpha value is -1.46. The van der Waals surface area contributed by atoms with Crippen LogP contribution in [0.5, 0.6) is 0 Å². The molecule has 1 aromatic rings. The highest BCUT2D eigenvalue weighted by atomic mass is 16.5. The molecule has 110 valence electrons. The number of nitrogens with zero attached hydrogens (tertiary/aromatic N) is 2. The molecule has 2 unspecified atom stereocenters. The standard InChI is InChI=1S/C15H23N3O2/c1-11-5-6-18(9-13(11)7-16)10-14-4-3-12(8-17-14)15(19)20-2/h3-4,8,11,13H,5-7,9-10,16H2,1-2H3. The number of carbonyl (C=O) groups excluding carboxylic acids is 1. The van der Waals surface area contributed by atoms with E-state index in [1.807, 2.05) is 6.07 Å². The van der Waals surface area contributed by atoms with Gasteiger partial charge in [-0.25, -0.2) is 4.79 Å². The van der Waals surface area contributed by atoms with E-state index in [0.717, 1.165) is 31.9 Å². The molecule has 20 heavy (non-hydrogen) atoms. The molecule has 5 heteroatoms. The van der Waals surface area contributed by atoms with Crippen molar-refractivity contribution in [1.29, 1.82) is 0 Å². The Labute approximate surface area is 120 Å². The molecule has 2 heterocycles. The predicted octanol–water partition coefficient (Wildman–Crippen LogP) is 1.28. The highest BCUT2D eigenvalue weighted by Gasteiger charge is 2.25. The molecule has 1 aliphatic rings. The van der Waals surface area contributed by atoms with Gasteiger partial charge < -0.3 is 10.5 Å². The topological polar surface area (TPSA) is 68.5 Å². The Bertz CT molecular complexity index is 447. The lowest BCUT2D eigenvalue weighted by atomic mass is 9.87. The number of likely N-dealkylation sites (tertiary alicyclic amines) is 1. The molecule has 1 aliphatic heterocycles. The summed E-state index contributed by atoms with van der Waals surface area (Å²) >= 11 is 0. The molecular weight excluding hydrogens is 254 g/mol. The van der Waals surface area contributed by atoms with Gasteiger partial charge in [0.25, 0.3) is 0 Å². The molecule has 1 saturated heterocycles. The molecule has 2 N–H and O–H groups in total. The van der Waals surface area contributed by atoms with Gasteiger partial charge in [0.1, 0.15) is 0 Å². The quantitative estimate of drug-likeness (QED) is 0.840. The second-order valence-corrected chi connectivity index (χ2v) is 5.53. The fraction of sp³-hybridized carbons (Fsp3) is 0.600. The summed E-state index contributed by atoms with van der Waals surface area (Å²) in [4.78, 5) is 18.1. The lowest BCUT2D eigenvalue weighted by Crippen LogP contribution is -2.42. The van der Waals surface area contributed by atoms with E-state index in [1.165, 1.54) is 13.5 Å². The van der Waals surface area contributed by atoms with Crippen molar-refractivity contribution in [3.05, 3.63) is 29.6 Å². The van der Waals surface area contributed by atoms with Gasteiger partial charge in [-0.3, -0.25) is 9.88 Å². The zero-order chi connectivity index (χ0) is 14.5. The summed E-state index contributed by atoms with van der Waals surface area (Å²) in [6.07, 6.45) is 2.76. The van der Waals surface area contributed by atoms with Crippen molar-refractivity contribution >= 4 is 5.97 Å². The van der Waals surface area contributed by atoms with Crippen molar-refractivity contribution in [3.63, 3.8) is 0 Å². The van der Waals surface area contributed by atoms with Gasteiger partial charge in [-0.05, 0) is 43.5 Å². The number of hydrogen-bond donors (Lipinski definition) is 1. The van der Waals surface area contributed by atoms with E-state index in [0.29, 0.717) is 17.4 Å². The Morgan fingerprint density at radius 1 is 1.55 bits per heavy atom. The van der Waals surface area contributed by atoms with Gasteiger partial charge in [0.15, 0.2) is 0 Å². The minimum atomic E-state index is -0.348. The third-order valence-corrected chi connectivity index (χ3v) is 4.13. The van der Waals surface area contributed by atoms with E-state index in [1.54, 1.807) is 12.3 Å². The molecule has 1 aromatic heterocycles. The molecular formula is C15H23N3O2. The maximum atomic E-state index is 11.3. The van der Waals surface area contributed by atoms with Crippen molar-refractivity contribution < 1.29 is 9.53 Å². The van der Waals surface area contributed by atoms with Crippen LogP contribution in [0.3, 0.4) is 0 Å². The van der Waals surface area contributed by atoms with Gasteiger partial charge in [-0.1, -0.05) is 6.92 Å². The normalized spacial score (nSPS) is 23.6. The summed E-state index contributed by atoms with van der Waals surface area (Å²) in [6.45, 7) is 5.94. The Balaban J connectivity index is 1.95. The molecule has 0 spiro atoms. The maximum absolute atomic E-state index is 11.3. The second kappa shape index (κ2) is 6.81. The van der Waals surface area contributed by atoms with Gasteiger partial charge in [0, 0.05) is 19.3 Å². The number of aromatic nitrogens is 1. The van der Waals surface area contributed by atoms with Crippen molar-refractivity contribution in [2.45, 2.75) is 19.9 Å². The first-order valence-electron chi connectivity index (χ1n) is 7.09. The molecule has 5 nitrogen and oxygen atoms in total. The Morgan fingerprint density at radius 3 is 2.95 bits per heavy atom. The number of carbonyl (C=O) groups is 1. The highest BCUT2D eigenvalue weighted by molar-refractivity contribution is 5.88. The monoisotopic (exact) mass is 277 g/mol. The number of piperidine rings is 1. The minimum absolute atomic E-state index is 0.348. The average molecular weight is 277 g/mol. The van der Waals surface area contributed by atoms with Crippen molar-refractivity contribution in [3.8, 4) is 0 Å². The van der Waals surface area contributed by atoms with E-state index in [4.69, 9.17) is 5.73 Å². The zero-order valence-corrected chi connectivity index (χ0v) is 12.2. The van der Waals surface area contributed by atoms with Gasteiger partial charge in [-0.2, -0.15) is 0 Å². The number of methoxy groups -OCH3 is 1. The molecule has 2 rings (SSSR count). The van der Waals surface area contributed by atoms with Crippen LogP contribution in [0.1, 0.15) is 29.4 Å². The number of esters is 1. The van der Waals surface area contributed by atoms with Crippen LogP contribution in [0.2, 0.25) is 0 Å². The molecule has 0 aromatic carbocycles. The van der Waals surface area contributed by atoms with Crippen LogP contribution in [-0.4, -0.2) is 42.6 Å². The molecule has 0 aliphatic carbocycles. The molecule has 1 fully saturated rings. The third kappa shape index (κ3) is 3.55. The smallest absolute Gasteiger partial charge is 0.339 e. The first-order chi connectivity index (χ1) is 9.63. The van der Waals surface area contributed by atoms with E-state index in [2.05, 4.69) is 21.5 Å². The summed E-state index contributed by atoms with van der Waals surface area (Å²) in [5.41, 5.74) is 7.29. The van der Waals surface area contributed by atoms with Gasteiger partial charge >= 0.3 is 5.97 Å². The van der Waals surface area contributed by atoms with Crippen LogP contribution in [0.4, 0.5) is 0 Å². The number of nitrogens with two attached hydrogens (primary N) is 1. The van der Waals surface area contributed by atoms with Crippen LogP contribution < -0.4 is 5.73 Å². The number of hydrogen-bond acceptors (Lipinski definition) is 5. The number of pyridine rings is 1. The predicted molar refractivity (Wildman–Crippen MR) is 77.2 cm³/mol. The van der Waals surface area contributed by atoms with Crippen LogP contribution in [0.15, 0.2) is 18.3 Å². The number of ether oxygens (including phenoxy) is 1. The SMILES string of the molecule is COC(=O)c1ccc(CN2CCC(C)C(CN)C2)nc1. The van der Waals surface area contributed by atoms with Crippen molar-refractivity contribution in [1.82, 2.24) is 9.88 Å². The van der Waals surface area contributed by atoms with Crippen molar-refractivity contribution in [2.24, 2.45) is 17.6 Å². The fourth-order valence-corrected chi connectivity index (χ4v) is 2.66. The maximum Gasteiger partial charge on any atom is 0.339 e. The van der Waals surface area contributed by atoms with Gasteiger partial charge in [0.2, 0.25) is 0 Å². The average Bonchev–Trinajstić information content (AvgIpc) is 2.49. The summed E-state index contributed by atoms with van der Waals surface area (Å²) in [5, 5.41) is 0. The minimum Gasteiger partial charge on any atom is -0.465 e. The van der Waals surface area contributed by atoms with E-state index < -0.39 is 0 Å². The zero-order valence-electron chi connectivity index (χ0n) is 12.2. The first-order valence-corrected chi connectivity index (χ1v) is 7.09. The van der Waals surface area contributed by atoms with Gasteiger partial charge in [0.05, 0.1) is 18.4 Å². The lowest BCUT2D eigenvalue weighted by molar-refractivity contribution is 0.0600. The van der Waals surface area contributed by atoms with Crippen molar-refractivity contribution in [2.75, 3.05) is 26.7 Å². The fourth-order valence-electron chi connectivity index (χ4n) is 2.66. The summed E-state index contributed by atoms with van der Waals surface area (Å²) in [5.74, 6) is 0.919. The van der Waals surface area contributed by atoms with Crippen LogP contribution in [0, 0.1) is 11.8 Å². The van der Waals surface area contributed by atoms with Crippen LogP contribution in [0.25, 0.3) is 0 Å². The summed E-state index contributed by atoms with van der Waals surface area (Å²) in [6, 6.07) is 3.66. The molecule has 2 atom stereocenters.